The molecule has 0 saturated heterocycles. The molecule has 0 aliphatic rings. The predicted octanol–water partition coefficient (Wildman–Crippen LogP) is -0.0267. The van der Waals surface area contributed by atoms with Gasteiger partial charge in [-0.1, -0.05) is 0 Å². The first kappa shape index (κ1) is 8.65. The maximum Gasteiger partial charge on any atom is 0.369 e. The van der Waals surface area contributed by atoms with Gasteiger partial charge in [-0.05, 0) is 13.8 Å². The van der Waals surface area contributed by atoms with Crippen LogP contribution in [0.1, 0.15) is 20.8 Å². The van der Waals surface area contributed by atoms with E-state index in [1.54, 1.807) is 0 Å². The minimum absolute atomic E-state index is 0.177. The lowest BCUT2D eigenvalue weighted by Crippen LogP contribution is -2.13. The Bertz CT molecular complexity index is 92.2. The summed E-state index contributed by atoms with van der Waals surface area (Å²) in [4.78, 5) is 10.2. The predicted molar refractivity (Wildman–Crippen MR) is 36.5 cm³/mol. The lowest BCUT2D eigenvalue weighted by molar-refractivity contribution is -0.132. The van der Waals surface area contributed by atoms with Crippen LogP contribution in [-0.2, 0) is 13.6 Å². The van der Waals surface area contributed by atoms with Gasteiger partial charge in [0.05, 0.1) is 0 Å². The van der Waals surface area contributed by atoms with Crippen LogP contribution in [0.5, 0.6) is 0 Å². The van der Waals surface area contributed by atoms with E-state index in [1.165, 1.54) is 6.92 Å². The van der Waals surface area contributed by atoms with Crippen LogP contribution < -0.4 is 0 Å². The molecule has 3 nitrogen and oxygen atoms in total. The molecule has 9 heavy (non-hydrogen) atoms. The molecule has 54 valence electrons. The molecule has 0 atom stereocenters. The van der Waals surface area contributed by atoms with Crippen molar-refractivity contribution in [2.75, 3.05) is 0 Å². The molecule has 0 saturated carbocycles. The third-order valence-electron chi connectivity index (χ3n) is 0.664. The van der Waals surface area contributed by atoms with E-state index in [-0.39, 0.29) is 12.1 Å². The van der Waals surface area contributed by atoms with E-state index < -0.39 is 10.0 Å². The van der Waals surface area contributed by atoms with Gasteiger partial charge in [0.15, 0.2) is 0 Å². The molecule has 0 heterocycles. The van der Waals surface area contributed by atoms with E-state index in [4.69, 9.17) is 4.43 Å². The summed E-state index contributed by atoms with van der Waals surface area (Å²) in [5, 5.41) is 0. The van der Waals surface area contributed by atoms with Gasteiger partial charge in [0.25, 0.3) is 5.97 Å². The average molecular weight is 148 g/mol. The fourth-order valence-corrected chi connectivity index (χ4v) is 0.759. The van der Waals surface area contributed by atoms with Gasteiger partial charge in [0.2, 0.25) is 0 Å². The lowest BCUT2D eigenvalue weighted by atomic mass is 10.5. The highest BCUT2D eigenvalue weighted by Crippen LogP contribution is 1.84. The molecule has 0 aliphatic carbocycles. The quantitative estimate of drug-likeness (QED) is 0.527. The van der Waals surface area contributed by atoms with Crippen LogP contribution in [0.25, 0.3) is 0 Å². The van der Waals surface area contributed by atoms with Crippen LogP contribution in [0.4, 0.5) is 0 Å². The molecule has 0 amide bonds. The molecular formula is C5H12O3Si. The van der Waals surface area contributed by atoms with Crippen LogP contribution in [0.2, 0.25) is 0 Å². The molecule has 0 unspecified atom stereocenters. The topological polar surface area (TPSA) is 35.5 Å². The summed E-state index contributed by atoms with van der Waals surface area (Å²) < 4.78 is 9.68. The van der Waals surface area contributed by atoms with Crippen molar-refractivity contribution < 1.29 is 13.6 Å². The van der Waals surface area contributed by atoms with Crippen molar-refractivity contribution in [3.05, 3.63) is 0 Å². The molecule has 0 N–H and O–H groups in total. The fourth-order valence-electron chi connectivity index (χ4n) is 0.253. The maximum atomic E-state index is 10.2. The van der Waals surface area contributed by atoms with Crippen molar-refractivity contribution in [3.63, 3.8) is 0 Å². The van der Waals surface area contributed by atoms with E-state index >= 15 is 0 Å². The molecule has 0 radical (unpaired) electrons. The molecule has 0 bridgehead atoms. The van der Waals surface area contributed by atoms with Gasteiger partial charge in [-0.25, -0.2) is 0 Å². The van der Waals surface area contributed by atoms with Crippen molar-refractivity contribution >= 4 is 16.0 Å². The summed E-state index contributed by atoms with van der Waals surface area (Å²) >= 11 is 0. The Morgan fingerprint density at radius 2 is 2.11 bits per heavy atom. The van der Waals surface area contributed by atoms with Gasteiger partial charge in [-0.2, -0.15) is 0 Å². The highest BCUT2D eigenvalue weighted by Gasteiger charge is 1.95. The fraction of sp³-hybridized carbons (Fsp3) is 0.800. The van der Waals surface area contributed by atoms with Crippen molar-refractivity contribution in [3.8, 4) is 0 Å². The Labute approximate surface area is 57.4 Å². The van der Waals surface area contributed by atoms with Crippen molar-refractivity contribution in [1.82, 2.24) is 0 Å². The average Bonchev–Trinajstić information content (AvgIpc) is 1.63. The SMILES string of the molecule is CC(=O)O[SiH2]OC(C)C. The molecule has 0 spiro atoms. The Morgan fingerprint density at radius 1 is 1.56 bits per heavy atom. The molecule has 4 heteroatoms. The van der Waals surface area contributed by atoms with E-state index in [2.05, 4.69) is 4.43 Å². The summed E-state index contributed by atoms with van der Waals surface area (Å²) in [7, 11) is -1.03. The normalized spacial score (nSPS) is 11.1. The largest absolute Gasteiger partial charge is 0.499 e. The first-order chi connectivity index (χ1) is 4.13. The molecule has 0 aromatic carbocycles. The van der Waals surface area contributed by atoms with E-state index in [0.29, 0.717) is 0 Å². The van der Waals surface area contributed by atoms with Crippen molar-refractivity contribution in [1.29, 1.82) is 0 Å². The van der Waals surface area contributed by atoms with E-state index in [0.717, 1.165) is 0 Å². The molecular weight excluding hydrogens is 136 g/mol. The first-order valence-corrected chi connectivity index (χ1v) is 4.03. The lowest BCUT2D eigenvalue weighted by Gasteiger charge is -2.05. The molecule has 0 fully saturated rings. The smallest absolute Gasteiger partial charge is 0.369 e. The second-order valence-corrected chi connectivity index (χ2v) is 2.83. The Morgan fingerprint density at radius 3 is 2.44 bits per heavy atom. The molecule has 0 rings (SSSR count). The second-order valence-electron chi connectivity index (χ2n) is 1.97. The minimum atomic E-state index is -1.03. The monoisotopic (exact) mass is 148 g/mol. The van der Waals surface area contributed by atoms with Gasteiger partial charge in [0.1, 0.15) is 0 Å². The second kappa shape index (κ2) is 4.52. The van der Waals surface area contributed by atoms with Gasteiger partial charge >= 0.3 is 10.0 Å². The first-order valence-electron chi connectivity index (χ1n) is 2.88. The maximum absolute atomic E-state index is 10.2. The van der Waals surface area contributed by atoms with Gasteiger partial charge in [-0.3, -0.25) is 4.79 Å². The zero-order chi connectivity index (χ0) is 7.28. The molecule has 0 aliphatic heterocycles. The number of rotatable bonds is 3. The number of carbonyl (C=O) groups is 1. The zero-order valence-electron chi connectivity index (χ0n) is 6.01. The standard InChI is InChI=1S/C5H12O3Si/c1-4(2)7-9-8-5(3)6/h4H,9H2,1-3H3. The summed E-state index contributed by atoms with van der Waals surface area (Å²) in [6.07, 6.45) is 0.177. The van der Waals surface area contributed by atoms with Gasteiger partial charge in [0, 0.05) is 13.0 Å². The van der Waals surface area contributed by atoms with Crippen LogP contribution >= 0.6 is 0 Å². The van der Waals surface area contributed by atoms with Gasteiger partial charge in [-0.15, -0.1) is 0 Å². The number of hydrogen-bond acceptors (Lipinski definition) is 3. The summed E-state index contributed by atoms with van der Waals surface area (Å²) in [5.41, 5.74) is 0. The summed E-state index contributed by atoms with van der Waals surface area (Å²) in [5.74, 6) is -0.248. The highest BCUT2D eigenvalue weighted by atomic mass is 28.3. The van der Waals surface area contributed by atoms with E-state index in [1.807, 2.05) is 13.8 Å². The third kappa shape index (κ3) is 7.65. The molecule has 0 aromatic heterocycles. The van der Waals surface area contributed by atoms with E-state index in [9.17, 15) is 4.79 Å². The molecule has 0 aromatic rings. The van der Waals surface area contributed by atoms with Crippen LogP contribution in [0.3, 0.4) is 0 Å². The number of carbonyl (C=O) groups excluding carboxylic acids is 1. The van der Waals surface area contributed by atoms with Crippen LogP contribution in [-0.4, -0.2) is 22.1 Å². The Balaban J connectivity index is 3.01. The van der Waals surface area contributed by atoms with Crippen LogP contribution in [0.15, 0.2) is 0 Å². The van der Waals surface area contributed by atoms with Crippen LogP contribution in [0, 0.1) is 0 Å². The summed E-state index contributed by atoms with van der Waals surface area (Å²) in [6, 6.07) is 0. The van der Waals surface area contributed by atoms with Gasteiger partial charge < -0.3 is 8.85 Å². The summed E-state index contributed by atoms with van der Waals surface area (Å²) in [6.45, 7) is 5.21. The number of hydrogen-bond donors (Lipinski definition) is 0. The van der Waals surface area contributed by atoms with Crippen molar-refractivity contribution in [2.24, 2.45) is 0 Å². The Kier molecular flexibility index (Phi) is 4.34. The highest BCUT2D eigenvalue weighted by molar-refractivity contribution is 6.22. The Hall–Kier alpha value is -0.353. The minimum Gasteiger partial charge on any atom is -0.499 e. The third-order valence-corrected chi connectivity index (χ3v) is 1.99. The van der Waals surface area contributed by atoms with Crippen molar-refractivity contribution in [2.45, 2.75) is 26.9 Å². The zero-order valence-corrected chi connectivity index (χ0v) is 7.42.